The van der Waals surface area contributed by atoms with E-state index in [1.54, 1.807) is 13.8 Å². The molecule has 2 aromatic rings. The second-order valence-electron chi connectivity index (χ2n) is 6.17. The molecule has 0 aliphatic heterocycles. The summed E-state index contributed by atoms with van der Waals surface area (Å²) in [7, 11) is -3.89. The van der Waals surface area contributed by atoms with Gasteiger partial charge in [0.25, 0.3) is 5.91 Å². The van der Waals surface area contributed by atoms with E-state index in [-0.39, 0.29) is 39.2 Å². The van der Waals surface area contributed by atoms with E-state index in [0.717, 1.165) is 6.07 Å². The fraction of sp³-hybridized carbons (Fsp3) is 0.250. The van der Waals surface area contributed by atoms with Gasteiger partial charge >= 0.3 is 5.97 Å². The number of halogens is 2. The summed E-state index contributed by atoms with van der Waals surface area (Å²) >= 11 is 11.9. The molecule has 31 heavy (non-hydrogen) atoms. The van der Waals surface area contributed by atoms with Crippen molar-refractivity contribution in [2.75, 3.05) is 25.0 Å². The van der Waals surface area contributed by atoms with Crippen LogP contribution in [0.25, 0.3) is 0 Å². The summed E-state index contributed by atoms with van der Waals surface area (Å²) in [6, 6.07) is 9.93. The van der Waals surface area contributed by atoms with Gasteiger partial charge in [0.2, 0.25) is 10.0 Å². The third-order valence-corrected chi connectivity index (χ3v) is 7.04. The number of hydrogen-bond donors (Lipinski definition) is 1. The Kier molecular flexibility index (Phi) is 8.42. The normalized spacial score (nSPS) is 11.1. The Balaban J connectivity index is 2.10. The molecule has 0 aliphatic rings. The highest BCUT2D eigenvalue weighted by molar-refractivity contribution is 7.89. The number of anilines is 1. The second kappa shape index (κ2) is 10.6. The molecule has 0 bridgehead atoms. The molecule has 0 saturated carbocycles. The third-order valence-electron chi connectivity index (χ3n) is 4.20. The summed E-state index contributed by atoms with van der Waals surface area (Å²) in [4.78, 5) is 24.2. The van der Waals surface area contributed by atoms with Crippen LogP contribution in [0.1, 0.15) is 29.8 Å². The predicted molar refractivity (Wildman–Crippen MR) is 117 cm³/mol. The molecule has 1 amide bonds. The lowest BCUT2D eigenvalue weighted by molar-refractivity contribution is -0.119. The number of nitrogens with one attached hydrogen (secondary N) is 1. The van der Waals surface area contributed by atoms with E-state index in [2.05, 4.69) is 5.32 Å². The Hall–Kier alpha value is -2.64. The van der Waals surface area contributed by atoms with Crippen LogP contribution in [0.15, 0.2) is 41.3 Å². The Bertz CT molecular complexity index is 1140. The van der Waals surface area contributed by atoms with Crippen LogP contribution in [0.2, 0.25) is 10.0 Å². The number of sulfonamides is 1. The first-order valence-corrected chi connectivity index (χ1v) is 11.3. The summed E-state index contributed by atoms with van der Waals surface area (Å²) < 4.78 is 31.6. The average molecular weight is 484 g/mol. The van der Waals surface area contributed by atoms with E-state index < -0.39 is 28.5 Å². The van der Waals surface area contributed by atoms with Crippen LogP contribution in [0.5, 0.6) is 0 Å². The number of amides is 1. The largest absolute Gasteiger partial charge is 0.452 e. The number of esters is 1. The molecule has 8 nitrogen and oxygen atoms in total. The van der Waals surface area contributed by atoms with Crippen LogP contribution in [-0.4, -0.2) is 44.3 Å². The van der Waals surface area contributed by atoms with E-state index in [4.69, 9.17) is 33.2 Å². The van der Waals surface area contributed by atoms with Crippen molar-refractivity contribution in [1.82, 2.24) is 4.31 Å². The molecule has 0 radical (unpaired) electrons. The number of rotatable bonds is 8. The number of hydrogen-bond acceptors (Lipinski definition) is 6. The Morgan fingerprint density at radius 1 is 1.10 bits per heavy atom. The lowest BCUT2D eigenvalue weighted by Crippen LogP contribution is -2.31. The van der Waals surface area contributed by atoms with Crippen LogP contribution in [-0.2, 0) is 19.6 Å². The van der Waals surface area contributed by atoms with Crippen molar-refractivity contribution in [1.29, 1.82) is 5.26 Å². The van der Waals surface area contributed by atoms with Crippen molar-refractivity contribution in [2.45, 2.75) is 18.7 Å². The van der Waals surface area contributed by atoms with Gasteiger partial charge in [-0.3, -0.25) is 4.79 Å². The maximum absolute atomic E-state index is 12.7. The third kappa shape index (κ3) is 5.95. The molecule has 0 fully saturated rings. The fourth-order valence-electron chi connectivity index (χ4n) is 2.63. The maximum Gasteiger partial charge on any atom is 0.338 e. The van der Waals surface area contributed by atoms with E-state index in [9.17, 15) is 18.0 Å². The first-order valence-electron chi connectivity index (χ1n) is 9.10. The second-order valence-corrected chi connectivity index (χ2v) is 8.89. The van der Waals surface area contributed by atoms with Crippen LogP contribution in [0, 0.1) is 11.3 Å². The molecule has 0 atom stereocenters. The highest BCUT2D eigenvalue weighted by Gasteiger charge is 2.26. The zero-order valence-corrected chi connectivity index (χ0v) is 19.0. The molecule has 0 heterocycles. The minimum Gasteiger partial charge on any atom is -0.452 e. The molecule has 164 valence electrons. The zero-order chi connectivity index (χ0) is 23.2. The number of carbonyl (C=O) groups excluding carboxylic acids is 2. The smallest absolute Gasteiger partial charge is 0.338 e. The minimum absolute atomic E-state index is 0.0288. The molecule has 0 spiro atoms. The highest BCUT2D eigenvalue weighted by Crippen LogP contribution is 2.26. The summed E-state index contributed by atoms with van der Waals surface area (Å²) in [5, 5.41) is 11.5. The van der Waals surface area contributed by atoms with Crippen molar-refractivity contribution in [3.05, 3.63) is 57.6 Å². The summed E-state index contributed by atoms with van der Waals surface area (Å²) in [5.74, 6) is -1.53. The number of nitrogens with zero attached hydrogens (tertiary/aromatic N) is 2. The molecular formula is C20H19Cl2N3O5S. The first-order chi connectivity index (χ1) is 14.6. The number of benzene rings is 2. The standard InChI is InChI=1S/C20H19Cl2N3O5S/c1-3-25(4-2)31(28,29)18-9-13(6-8-16(18)21)20(27)30-12-19(26)24-15-7-5-14(11-23)17(22)10-15/h5-10H,3-4,12H2,1-2H3,(H,24,26). The van der Waals surface area contributed by atoms with Crippen LogP contribution in [0.3, 0.4) is 0 Å². The van der Waals surface area contributed by atoms with Crippen molar-refractivity contribution >= 4 is 50.8 Å². The van der Waals surface area contributed by atoms with Crippen molar-refractivity contribution < 1.29 is 22.7 Å². The quantitative estimate of drug-likeness (QED) is 0.572. The van der Waals surface area contributed by atoms with Crippen LogP contribution < -0.4 is 5.32 Å². The maximum atomic E-state index is 12.7. The SMILES string of the molecule is CCN(CC)S(=O)(=O)c1cc(C(=O)OCC(=O)Nc2ccc(C#N)c(Cl)c2)ccc1Cl. The van der Waals surface area contributed by atoms with Crippen LogP contribution in [0.4, 0.5) is 5.69 Å². The number of ether oxygens (including phenoxy) is 1. The Labute approximate surface area is 190 Å². The van der Waals surface area contributed by atoms with Crippen molar-refractivity contribution in [2.24, 2.45) is 0 Å². The molecule has 0 aliphatic carbocycles. The van der Waals surface area contributed by atoms with Gasteiger partial charge in [-0.25, -0.2) is 13.2 Å². The van der Waals surface area contributed by atoms with Gasteiger partial charge in [0.1, 0.15) is 11.0 Å². The molecule has 1 N–H and O–H groups in total. The number of nitriles is 1. The average Bonchev–Trinajstić information content (AvgIpc) is 2.73. The van der Waals surface area contributed by atoms with Gasteiger partial charge in [0, 0.05) is 18.8 Å². The molecule has 2 rings (SSSR count). The molecule has 11 heteroatoms. The summed E-state index contributed by atoms with van der Waals surface area (Å²) in [6.45, 7) is 3.24. The fourth-order valence-corrected chi connectivity index (χ4v) is 4.81. The van der Waals surface area contributed by atoms with Crippen molar-refractivity contribution in [3.8, 4) is 6.07 Å². The van der Waals surface area contributed by atoms with Gasteiger partial charge < -0.3 is 10.1 Å². The summed E-state index contributed by atoms with van der Waals surface area (Å²) in [5.41, 5.74) is 0.512. The van der Waals surface area contributed by atoms with Gasteiger partial charge in [-0.15, -0.1) is 0 Å². The van der Waals surface area contributed by atoms with Crippen LogP contribution >= 0.6 is 23.2 Å². The van der Waals surface area contributed by atoms with E-state index >= 15 is 0 Å². The Morgan fingerprint density at radius 3 is 2.35 bits per heavy atom. The molecular weight excluding hydrogens is 465 g/mol. The lowest BCUT2D eigenvalue weighted by atomic mass is 10.2. The molecule has 0 saturated heterocycles. The topological polar surface area (TPSA) is 117 Å². The Morgan fingerprint density at radius 2 is 1.77 bits per heavy atom. The van der Waals surface area contributed by atoms with Gasteiger partial charge in [0.15, 0.2) is 6.61 Å². The van der Waals surface area contributed by atoms with E-state index in [1.165, 1.54) is 34.6 Å². The van der Waals surface area contributed by atoms with Gasteiger partial charge in [-0.05, 0) is 36.4 Å². The first kappa shape index (κ1) is 24.6. The van der Waals surface area contributed by atoms with Gasteiger partial charge in [-0.2, -0.15) is 9.57 Å². The zero-order valence-electron chi connectivity index (χ0n) is 16.7. The van der Waals surface area contributed by atoms with Gasteiger partial charge in [-0.1, -0.05) is 37.0 Å². The highest BCUT2D eigenvalue weighted by atomic mass is 35.5. The van der Waals surface area contributed by atoms with Crippen molar-refractivity contribution in [3.63, 3.8) is 0 Å². The van der Waals surface area contributed by atoms with E-state index in [0.29, 0.717) is 5.69 Å². The lowest BCUT2D eigenvalue weighted by Gasteiger charge is -2.19. The van der Waals surface area contributed by atoms with E-state index in [1.807, 2.05) is 6.07 Å². The molecule has 0 aromatic heterocycles. The summed E-state index contributed by atoms with van der Waals surface area (Å²) in [6.07, 6.45) is 0. The predicted octanol–water partition coefficient (Wildman–Crippen LogP) is 3.69. The minimum atomic E-state index is -3.89. The number of carbonyl (C=O) groups is 2. The molecule has 2 aromatic carbocycles. The molecule has 0 unspecified atom stereocenters. The monoisotopic (exact) mass is 483 g/mol. The van der Waals surface area contributed by atoms with Gasteiger partial charge in [0.05, 0.1) is 21.2 Å².